The topological polar surface area (TPSA) is 75.9 Å². The van der Waals surface area contributed by atoms with Gasteiger partial charge in [-0.2, -0.15) is 0 Å². The molecule has 1 aliphatic heterocycles. The normalized spacial score (nSPS) is 13.0. The molecule has 1 amide bonds. The molecule has 4 heterocycles. The first-order valence-electron chi connectivity index (χ1n) is 9.91. The molecule has 3 aromatic heterocycles. The molecule has 0 fully saturated rings. The third-order valence-corrected chi connectivity index (χ3v) is 5.15. The van der Waals surface area contributed by atoms with E-state index in [4.69, 9.17) is 0 Å². The molecule has 0 unspecified atom stereocenters. The summed E-state index contributed by atoms with van der Waals surface area (Å²) >= 11 is 0. The summed E-state index contributed by atoms with van der Waals surface area (Å²) in [5.74, 6) is 0.844. The number of rotatable bonds is 4. The third-order valence-electron chi connectivity index (χ3n) is 5.15. The molecular weight excluding hydrogens is 395 g/mol. The number of amides is 1. The third kappa shape index (κ3) is 4.00. The van der Waals surface area contributed by atoms with Gasteiger partial charge in [0.1, 0.15) is 23.2 Å². The Balaban J connectivity index is 1.33. The van der Waals surface area contributed by atoms with Crippen molar-refractivity contribution in [2.24, 2.45) is 0 Å². The number of carbonyl (C=O) groups is 1. The van der Waals surface area contributed by atoms with Crippen LogP contribution in [0.2, 0.25) is 0 Å². The van der Waals surface area contributed by atoms with Crippen molar-refractivity contribution in [2.45, 2.75) is 13.1 Å². The lowest BCUT2D eigenvalue weighted by molar-refractivity contribution is 0.102. The Morgan fingerprint density at radius 3 is 2.77 bits per heavy atom. The molecule has 5 rings (SSSR count). The summed E-state index contributed by atoms with van der Waals surface area (Å²) in [5.41, 5.74) is 2.58. The van der Waals surface area contributed by atoms with Gasteiger partial charge in [0.05, 0.1) is 12.2 Å². The maximum Gasteiger partial charge on any atom is 0.275 e. The van der Waals surface area contributed by atoms with Crippen molar-refractivity contribution in [2.75, 3.05) is 16.8 Å². The van der Waals surface area contributed by atoms with Crippen LogP contribution in [0, 0.1) is 5.82 Å². The first kappa shape index (κ1) is 18.9. The molecule has 31 heavy (non-hydrogen) atoms. The number of nitrogens with one attached hydrogen (secondary N) is 1. The SMILES string of the molecule is O=C(Nc1cccc(F)c1)c1cn2c(n1)CN(c1cc(-c3ccccn3)ccn1)CC2. The van der Waals surface area contributed by atoms with Crippen LogP contribution in [0.1, 0.15) is 16.3 Å². The maximum atomic E-state index is 13.4. The van der Waals surface area contributed by atoms with Crippen LogP contribution in [-0.4, -0.2) is 32.0 Å². The van der Waals surface area contributed by atoms with Gasteiger partial charge in [-0.05, 0) is 42.5 Å². The van der Waals surface area contributed by atoms with E-state index in [2.05, 4.69) is 25.2 Å². The number of imidazole rings is 1. The fourth-order valence-corrected chi connectivity index (χ4v) is 3.60. The van der Waals surface area contributed by atoms with Crippen LogP contribution in [0.25, 0.3) is 11.3 Å². The van der Waals surface area contributed by atoms with Crippen molar-refractivity contribution < 1.29 is 9.18 Å². The summed E-state index contributed by atoms with van der Waals surface area (Å²) in [6.07, 6.45) is 5.28. The second-order valence-corrected chi connectivity index (χ2v) is 7.24. The Morgan fingerprint density at radius 1 is 1.00 bits per heavy atom. The zero-order chi connectivity index (χ0) is 21.2. The van der Waals surface area contributed by atoms with Crippen molar-refractivity contribution in [1.29, 1.82) is 0 Å². The van der Waals surface area contributed by atoms with Crippen LogP contribution in [-0.2, 0) is 13.1 Å². The summed E-state index contributed by atoms with van der Waals surface area (Å²) in [6.45, 7) is 1.96. The van der Waals surface area contributed by atoms with Gasteiger partial charge in [0, 0.05) is 42.9 Å². The minimum atomic E-state index is -0.405. The zero-order valence-corrected chi connectivity index (χ0v) is 16.6. The fourth-order valence-electron chi connectivity index (χ4n) is 3.60. The quantitative estimate of drug-likeness (QED) is 0.550. The van der Waals surface area contributed by atoms with E-state index >= 15 is 0 Å². The molecule has 7 nitrogen and oxygen atoms in total. The summed E-state index contributed by atoms with van der Waals surface area (Å²) in [7, 11) is 0. The standard InChI is InChI=1S/C23H19FN6O/c24-17-4-3-5-18(13-17)27-23(31)20-14-29-10-11-30(15-22(29)28-20)21-12-16(7-9-26-21)19-6-1-2-8-25-19/h1-9,12-14H,10-11,15H2,(H,27,31). The number of halogens is 1. The van der Waals surface area contributed by atoms with Gasteiger partial charge >= 0.3 is 0 Å². The number of fused-ring (bicyclic) bond motifs is 1. The predicted molar refractivity (Wildman–Crippen MR) is 115 cm³/mol. The van der Waals surface area contributed by atoms with Crippen LogP contribution >= 0.6 is 0 Å². The van der Waals surface area contributed by atoms with Gasteiger partial charge in [-0.25, -0.2) is 14.4 Å². The highest BCUT2D eigenvalue weighted by Crippen LogP contribution is 2.24. The van der Waals surface area contributed by atoms with Gasteiger partial charge in [-0.1, -0.05) is 12.1 Å². The lowest BCUT2D eigenvalue weighted by atomic mass is 10.1. The van der Waals surface area contributed by atoms with E-state index in [1.807, 2.05) is 34.9 Å². The summed E-state index contributed by atoms with van der Waals surface area (Å²) < 4.78 is 15.3. The van der Waals surface area contributed by atoms with Crippen molar-refractivity contribution in [1.82, 2.24) is 19.5 Å². The molecule has 8 heteroatoms. The number of hydrogen-bond donors (Lipinski definition) is 1. The van der Waals surface area contributed by atoms with E-state index in [-0.39, 0.29) is 5.91 Å². The molecule has 0 saturated heterocycles. The molecule has 1 aromatic carbocycles. The van der Waals surface area contributed by atoms with E-state index < -0.39 is 5.82 Å². The zero-order valence-electron chi connectivity index (χ0n) is 16.6. The van der Waals surface area contributed by atoms with E-state index in [1.165, 1.54) is 12.1 Å². The number of anilines is 2. The highest BCUT2D eigenvalue weighted by Gasteiger charge is 2.22. The van der Waals surface area contributed by atoms with Crippen molar-refractivity contribution in [3.05, 3.63) is 90.5 Å². The number of carbonyl (C=O) groups excluding carboxylic acids is 1. The van der Waals surface area contributed by atoms with Crippen LogP contribution in [0.4, 0.5) is 15.9 Å². The predicted octanol–water partition coefficient (Wildman–Crippen LogP) is 3.75. The summed E-state index contributed by atoms with van der Waals surface area (Å²) in [5, 5.41) is 2.69. The van der Waals surface area contributed by atoms with Crippen molar-refractivity contribution >= 4 is 17.4 Å². The highest BCUT2D eigenvalue weighted by molar-refractivity contribution is 6.02. The molecule has 4 aromatic rings. The van der Waals surface area contributed by atoms with E-state index in [9.17, 15) is 9.18 Å². The number of hydrogen-bond acceptors (Lipinski definition) is 5. The van der Waals surface area contributed by atoms with Gasteiger partial charge in [-0.3, -0.25) is 9.78 Å². The monoisotopic (exact) mass is 414 g/mol. The largest absolute Gasteiger partial charge is 0.347 e. The Bertz CT molecular complexity index is 1240. The summed E-state index contributed by atoms with van der Waals surface area (Å²) in [6, 6.07) is 15.5. The Labute approximate surface area is 178 Å². The van der Waals surface area contributed by atoms with Crippen LogP contribution < -0.4 is 10.2 Å². The first-order chi connectivity index (χ1) is 15.2. The molecule has 1 aliphatic rings. The highest BCUT2D eigenvalue weighted by atomic mass is 19.1. The average Bonchev–Trinajstić information content (AvgIpc) is 3.23. The molecule has 0 saturated carbocycles. The average molecular weight is 414 g/mol. The molecule has 0 atom stereocenters. The Kier molecular flexibility index (Phi) is 4.87. The number of nitrogens with zero attached hydrogens (tertiary/aromatic N) is 5. The van der Waals surface area contributed by atoms with Gasteiger partial charge in [0.25, 0.3) is 5.91 Å². The van der Waals surface area contributed by atoms with E-state index in [0.717, 1.165) is 29.4 Å². The number of benzene rings is 1. The van der Waals surface area contributed by atoms with Gasteiger partial charge in [0.2, 0.25) is 0 Å². The number of aromatic nitrogens is 4. The van der Waals surface area contributed by atoms with Gasteiger partial charge in [0.15, 0.2) is 0 Å². The molecule has 0 spiro atoms. The molecule has 154 valence electrons. The molecule has 0 aliphatic carbocycles. The van der Waals surface area contributed by atoms with Crippen molar-refractivity contribution in [3.8, 4) is 11.3 Å². The number of pyridine rings is 2. The smallest absolute Gasteiger partial charge is 0.275 e. The van der Waals surface area contributed by atoms with Gasteiger partial charge < -0.3 is 14.8 Å². The summed E-state index contributed by atoms with van der Waals surface area (Å²) in [4.78, 5) is 28.1. The molecule has 0 bridgehead atoms. The van der Waals surface area contributed by atoms with E-state index in [1.54, 1.807) is 30.7 Å². The second kappa shape index (κ2) is 7.98. The van der Waals surface area contributed by atoms with Crippen LogP contribution in [0.3, 0.4) is 0 Å². The first-order valence-corrected chi connectivity index (χ1v) is 9.91. The molecular formula is C23H19FN6O. The Hall–Kier alpha value is -4.07. The fraction of sp³-hybridized carbons (Fsp3) is 0.130. The molecule has 1 N–H and O–H groups in total. The second-order valence-electron chi connectivity index (χ2n) is 7.24. The van der Waals surface area contributed by atoms with Crippen LogP contribution in [0.5, 0.6) is 0 Å². The lowest BCUT2D eigenvalue weighted by Gasteiger charge is -2.28. The Morgan fingerprint density at radius 2 is 1.94 bits per heavy atom. The van der Waals surface area contributed by atoms with Gasteiger partial charge in [-0.15, -0.1) is 0 Å². The van der Waals surface area contributed by atoms with Crippen LogP contribution in [0.15, 0.2) is 73.2 Å². The van der Waals surface area contributed by atoms with E-state index in [0.29, 0.717) is 24.5 Å². The minimum absolute atomic E-state index is 0.302. The lowest BCUT2D eigenvalue weighted by Crippen LogP contribution is -2.34. The minimum Gasteiger partial charge on any atom is -0.347 e. The molecule has 0 radical (unpaired) electrons. The van der Waals surface area contributed by atoms with Crippen molar-refractivity contribution in [3.63, 3.8) is 0 Å². The maximum absolute atomic E-state index is 13.4.